The van der Waals surface area contributed by atoms with E-state index in [9.17, 15) is 24.1 Å². The van der Waals surface area contributed by atoms with Crippen molar-refractivity contribution in [2.45, 2.75) is 24.5 Å². The second-order valence-electron chi connectivity index (χ2n) is 5.53. The summed E-state index contributed by atoms with van der Waals surface area (Å²) >= 11 is 0. The third-order valence-electron chi connectivity index (χ3n) is 3.43. The Hall–Kier alpha value is -1.22. The van der Waals surface area contributed by atoms with Crippen LogP contribution in [-0.4, -0.2) is 67.6 Å². The van der Waals surface area contributed by atoms with E-state index in [-0.39, 0.29) is 12.4 Å². The molecule has 0 spiro atoms. The van der Waals surface area contributed by atoms with Gasteiger partial charge in [0.1, 0.15) is 24.1 Å². The molecule has 1 aliphatic rings. The van der Waals surface area contributed by atoms with E-state index >= 15 is 0 Å². The molecule has 0 bridgehead atoms. The predicted molar refractivity (Wildman–Crippen MR) is 90.5 cm³/mol. The maximum atomic E-state index is 12.3. The summed E-state index contributed by atoms with van der Waals surface area (Å²) in [6, 6.07) is 1.26. The monoisotopic (exact) mass is 446 g/mol. The number of hydrogen-bond acceptors (Lipinski definition) is 12. The molecule has 1 aromatic heterocycles. The van der Waals surface area contributed by atoms with Crippen LogP contribution in [0.3, 0.4) is 0 Å². The van der Waals surface area contributed by atoms with Gasteiger partial charge in [-0.25, -0.2) is 13.9 Å². The molecule has 0 aliphatic carbocycles. The van der Waals surface area contributed by atoms with E-state index in [4.69, 9.17) is 30.5 Å². The zero-order chi connectivity index (χ0) is 21.1. The van der Waals surface area contributed by atoms with Crippen LogP contribution in [0, 0.1) is 0 Å². The van der Waals surface area contributed by atoms with Crippen LogP contribution in [0.4, 0.5) is 5.82 Å². The van der Waals surface area contributed by atoms with Gasteiger partial charge in [0.2, 0.25) is 0 Å². The van der Waals surface area contributed by atoms with Gasteiger partial charge in [-0.05, 0) is 6.07 Å². The molecular weight excluding hydrogens is 426 g/mol. The lowest BCUT2D eigenvalue weighted by atomic mass is 10.1. The molecule has 0 saturated carbocycles. The molecule has 2 heterocycles. The lowest BCUT2D eigenvalue weighted by molar-refractivity contribution is -0.0550. The SMILES string of the molecule is NCCOP(=O)(OC[C@H]1O[C@@H](n2ccc(N)nc2=O)[C@H](O)[C@@H]1O)OP(=O)(O)O. The van der Waals surface area contributed by atoms with Gasteiger partial charge in [-0.2, -0.15) is 9.29 Å². The van der Waals surface area contributed by atoms with E-state index in [0.29, 0.717) is 0 Å². The highest BCUT2D eigenvalue weighted by molar-refractivity contribution is 7.61. The standard InChI is InChI=1S/C11H20N4O11P2/c12-2-4-23-28(22,26-27(19,20)21)24-5-6-8(16)9(17)10(25-6)15-3-1-7(13)14-11(15)18/h1,3,6,8-10,16-17H,2,4-5,12H2,(H2,13,14,18)(H2,19,20,21)/t6-,8-,9-,10-,28?/m1/s1. The van der Waals surface area contributed by atoms with Crippen LogP contribution in [0.15, 0.2) is 17.1 Å². The van der Waals surface area contributed by atoms with Gasteiger partial charge in [-0.3, -0.25) is 13.6 Å². The van der Waals surface area contributed by atoms with E-state index in [1.165, 1.54) is 12.3 Å². The van der Waals surface area contributed by atoms with Gasteiger partial charge < -0.3 is 36.2 Å². The van der Waals surface area contributed by atoms with E-state index in [0.717, 1.165) is 4.57 Å². The molecule has 0 radical (unpaired) electrons. The van der Waals surface area contributed by atoms with Crippen LogP contribution in [0.5, 0.6) is 0 Å². The van der Waals surface area contributed by atoms with Gasteiger partial charge in [0.15, 0.2) is 6.23 Å². The summed E-state index contributed by atoms with van der Waals surface area (Å²) in [6.45, 7) is -1.34. The van der Waals surface area contributed by atoms with Crippen LogP contribution in [0.25, 0.3) is 0 Å². The van der Waals surface area contributed by atoms with Crippen molar-refractivity contribution in [3.8, 4) is 0 Å². The van der Waals surface area contributed by atoms with Crippen molar-refractivity contribution in [1.82, 2.24) is 9.55 Å². The van der Waals surface area contributed by atoms with Crippen molar-refractivity contribution in [2.75, 3.05) is 25.5 Å². The Morgan fingerprint density at radius 3 is 2.50 bits per heavy atom. The quantitative estimate of drug-likeness (QED) is 0.218. The average molecular weight is 446 g/mol. The molecule has 8 N–H and O–H groups in total. The minimum absolute atomic E-state index is 0.0678. The number of anilines is 1. The number of rotatable bonds is 9. The van der Waals surface area contributed by atoms with Crippen LogP contribution in [0.2, 0.25) is 0 Å². The van der Waals surface area contributed by atoms with Gasteiger partial charge >= 0.3 is 21.3 Å². The van der Waals surface area contributed by atoms with Crippen LogP contribution in [0.1, 0.15) is 6.23 Å². The fraction of sp³-hybridized carbons (Fsp3) is 0.636. The van der Waals surface area contributed by atoms with Crippen molar-refractivity contribution in [3.63, 3.8) is 0 Å². The first kappa shape index (κ1) is 23.1. The molecule has 0 amide bonds. The number of nitrogens with zero attached hydrogens (tertiary/aromatic N) is 2. The van der Waals surface area contributed by atoms with Crippen LogP contribution >= 0.6 is 15.6 Å². The summed E-state index contributed by atoms with van der Waals surface area (Å²) in [4.78, 5) is 33.0. The average Bonchev–Trinajstić information content (AvgIpc) is 2.85. The zero-order valence-corrected chi connectivity index (χ0v) is 16.0. The number of phosphoric acid groups is 2. The first-order valence-corrected chi connectivity index (χ1v) is 10.7. The Bertz CT molecular complexity index is 829. The van der Waals surface area contributed by atoms with Crippen molar-refractivity contribution in [3.05, 3.63) is 22.7 Å². The van der Waals surface area contributed by atoms with E-state index in [2.05, 4.69) is 13.8 Å². The largest absolute Gasteiger partial charge is 0.483 e. The Morgan fingerprint density at radius 1 is 1.25 bits per heavy atom. The lowest BCUT2D eigenvalue weighted by Crippen LogP contribution is -2.36. The fourth-order valence-electron chi connectivity index (χ4n) is 2.26. The molecule has 160 valence electrons. The number of nitrogen functional groups attached to an aromatic ring is 1. The molecule has 17 heteroatoms. The summed E-state index contributed by atoms with van der Waals surface area (Å²) in [5.41, 5.74) is 9.68. The summed E-state index contributed by atoms with van der Waals surface area (Å²) in [5.74, 6) is -0.0678. The molecule has 2 rings (SSSR count). The van der Waals surface area contributed by atoms with Crippen molar-refractivity contribution < 1.29 is 47.2 Å². The molecule has 0 aromatic carbocycles. The number of aromatic nitrogens is 2. The number of ether oxygens (including phenoxy) is 1. The van der Waals surface area contributed by atoms with Gasteiger partial charge in [0.25, 0.3) is 0 Å². The second kappa shape index (κ2) is 9.07. The topological polar surface area (TPSA) is 239 Å². The number of nitrogens with two attached hydrogens (primary N) is 2. The molecule has 15 nitrogen and oxygen atoms in total. The number of hydrogen-bond donors (Lipinski definition) is 6. The van der Waals surface area contributed by atoms with E-state index in [1.807, 2.05) is 0 Å². The summed E-state index contributed by atoms with van der Waals surface area (Å²) in [7, 11) is -10.0. The third kappa shape index (κ3) is 5.89. The van der Waals surface area contributed by atoms with Crippen molar-refractivity contribution in [2.24, 2.45) is 5.73 Å². The molecule has 1 aromatic rings. The highest BCUT2D eigenvalue weighted by Gasteiger charge is 2.46. The highest BCUT2D eigenvalue weighted by Crippen LogP contribution is 2.61. The molecule has 1 fully saturated rings. The first-order chi connectivity index (χ1) is 13.0. The number of aliphatic hydroxyl groups excluding tert-OH is 2. The van der Waals surface area contributed by atoms with Crippen LogP contribution < -0.4 is 17.2 Å². The summed E-state index contributed by atoms with van der Waals surface area (Å²) < 4.78 is 42.9. The molecule has 5 atom stereocenters. The van der Waals surface area contributed by atoms with Crippen molar-refractivity contribution in [1.29, 1.82) is 0 Å². The maximum absolute atomic E-state index is 12.3. The normalized spacial score (nSPS) is 27.6. The Morgan fingerprint density at radius 2 is 1.93 bits per heavy atom. The summed E-state index contributed by atoms with van der Waals surface area (Å²) in [5, 5.41) is 20.2. The van der Waals surface area contributed by atoms with Gasteiger partial charge in [-0.15, -0.1) is 0 Å². The second-order valence-corrected chi connectivity index (χ2v) is 8.57. The highest BCUT2D eigenvalue weighted by atomic mass is 31.3. The van der Waals surface area contributed by atoms with Gasteiger partial charge in [-0.1, -0.05) is 0 Å². The molecule has 1 aliphatic heterocycles. The summed E-state index contributed by atoms with van der Waals surface area (Å²) in [6.07, 6.45) is -4.78. The predicted octanol–water partition coefficient (Wildman–Crippen LogP) is -2.35. The van der Waals surface area contributed by atoms with Gasteiger partial charge in [0, 0.05) is 12.7 Å². The molecule has 28 heavy (non-hydrogen) atoms. The van der Waals surface area contributed by atoms with Crippen molar-refractivity contribution >= 4 is 21.5 Å². The Balaban J connectivity index is 2.11. The smallest absolute Gasteiger partial charge is 0.387 e. The maximum Gasteiger partial charge on any atom is 0.483 e. The lowest BCUT2D eigenvalue weighted by Gasteiger charge is -2.20. The molecular formula is C11H20N4O11P2. The van der Waals surface area contributed by atoms with E-state index < -0.39 is 59.1 Å². The zero-order valence-electron chi connectivity index (χ0n) is 14.2. The Kier molecular flexibility index (Phi) is 7.47. The molecule has 1 unspecified atom stereocenters. The minimum atomic E-state index is -5.26. The van der Waals surface area contributed by atoms with E-state index in [1.54, 1.807) is 0 Å². The fourth-order valence-corrected chi connectivity index (χ4v) is 4.41. The Labute approximate surface area is 157 Å². The number of phosphoric ester groups is 1. The third-order valence-corrected chi connectivity index (χ3v) is 6.05. The van der Waals surface area contributed by atoms with Crippen LogP contribution in [-0.2, 0) is 27.2 Å². The van der Waals surface area contributed by atoms with Gasteiger partial charge in [0.05, 0.1) is 13.2 Å². The minimum Gasteiger partial charge on any atom is -0.387 e. The number of aliphatic hydroxyl groups is 2. The molecule has 1 saturated heterocycles. The first-order valence-electron chi connectivity index (χ1n) is 7.68.